The third-order valence-corrected chi connectivity index (χ3v) is 2.28. The summed E-state index contributed by atoms with van der Waals surface area (Å²) in [5.74, 6) is -1.42. The van der Waals surface area contributed by atoms with Crippen LogP contribution in [0, 0.1) is 0 Å². The largest absolute Gasteiger partial charge is 0.453 e. The Morgan fingerprint density at radius 2 is 2.13 bits per heavy atom. The molecule has 0 aromatic rings. The molecule has 1 aliphatic heterocycles. The van der Waals surface area contributed by atoms with Gasteiger partial charge in [0.25, 0.3) is 0 Å². The first-order valence-electron chi connectivity index (χ1n) is 4.81. The highest BCUT2D eigenvalue weighted by Gasteiger charge is 2.44. The van der Waals surface area contributed by atoms with E-state index in [-0.39, 0.29) is 0 Å². The fourth-order valence-electron chi connectivity index (χ4n) is 1.22. The van der Waals surface area contributed by atoms with Gasteiger partial charge in [-0.2, -0.15) is 0 Å². The Hall–Kier alpha value is -0.400. The molecule has 15 heavy (non-hydrogen) atoms. The number of alkyl halides is 1. The number of rotatable bonds is 2. The highest BCUT2D eigenvalue weighted by atomic mass is 35.5. The average Bonchev–Trinajstić information content (AvgIpc) is 2.20. The van der Waals surface area contributed by atoms with Gasteiger partial charge in [0.15, 0.2) is 12.4 Å². The van der Waals surface area contributed by atoms with Gasteiger partial charge in [-0.05, 0) is 6.92 Å². The lowest BCUT2D eigenvalue weighted by Crippen LogP contribution is -2.58. The van der Waals surface area contributed by atoms with E-state index in [1.807, 2.05) is 0 Å². The first-order valence-corrected chi connectivity index (χ1v) is 4.85. The molecule has 0 amide bonds. The average molecular weight is 242 g/mol. The zero-order valence-electron chi connectivity index (χ0n) is 8.96. The van der Waals surface area contributed by atoms with E-state index in [1.165, 1.54) is 6.92 Å². The van der Waals surface area contributed by atoms with Gasteiger partial charge in [-0.25, -0.2) is 0 Å². The predicted molar refractivity (Wildman–Crippen MR) is 49.2 cm³/mol. The van der Waals surface area contributed by atoms with E-state index in [0.29, 0.717) is 0 Å². The Labute approximate surface area is 92.8 Å². The molecule has 6 nitrogen and oxygen atoms in total. The SMILES string of the molecule is [2H][C@@]1(O)O[C@@H](C)[C@H](O)[C@@H](O)[C@H]1OC(=O)CCl. The summed E-state index contributed by atoms with van der Waals surface area (Å²) in [6.45, 7) is 1.37. The Morgan fingerprint density at radius 3 is 2.67 bits per heavy atom. The Kier molecular flexibility index (Phi) is 3.76. The minimum Gasteiger partial charge on any atom is -0.453 e. The molecule has 1 saturated heterocycles. The quantitative estimate of drug-likeness (QED) is 0.406. The van der Waals surface area contributed by atoms with Crippen molar-refractivity contribution in [3.8, 4) is 0 Å². The van der Waals surface area contributed by atoms with Crippen LogP contribution in [0.15, 0.2) is 0 Å². The summed E-state index contributed by atoms with van der Waals surface area (Å²) in [7, 11) is 0. The molecule has 0 bridgehead atoms. The second-order valence-electron chi connectivity index (χ2n) is 3.19. The highest BCUT2D eigenvalue weighted by molar-refractivity contribution is 6.26. The van der Waals surface area contributed by atoms with Crippen LogP contribution < -0.4 is 0 Å². The van der Waals surface area contributed by atoms with E-state index in [2.05, 4.69) is 4.74 Å². The third-order valence-electron chi connectivity index (χ3n) is 2.06. The molecule has 0 radical (unpaired) electrons. The van der Waals surface area contributed by atoms with Gasteiger partial charge in [-0.15, -0.1) is 11.6 Å². The molecule has 3 N–H and O–H groups in total. The van der Waals surface area contributed by atoms with Crippen LogP contribution in [0.3, 0.4) is 0 Å². The summed E-state index contributed by atoms with van der Waals surface area (Å²) in [6, 6.07) is 0. The van der Waals surface area contributed by atoms with Crippen molar-refractivity contribution >= 4 is 17.6 Å². The zero-order valence-corrected chi connectivity index (χ0v) is 8.72. The molecule has 5 atom stereocenters. The van der Waals surface area contributed by atoms with Crippen molar-refractivity contribution in [3.63, 3.8) is 0 Å². The number of hydrogen-bond donors (Lipinski definition) is 3. The van der Waals surface area contributed by atoms with Gasteiger partial charge in [0.05, 0.1) is 7.47 Å². The fourth-order valence-corrected chi connectivity index (χ4v) is 1.29. The van der Waals surface area contributed by atoms with Crippen LogP contribution in [-0.4, -0.2) is 57.9 Å². The zero-order chi connectivity index (χ0) is 12.5. The Morgan fingerprint density at radius 1 is 1.53 bits per heavy atom. The third kappa shape index (κ3) is 2.79. The highest BCUT2D eigenvalue weighted by Crippen LogP contribution is 2.22. The topological polar surface area (TPSA) is 96.2 Å². The second-order valence-corrected chi connectivity index (χ2v) is 3.45. The molecule has 0 aliphatic carbocycles. The number of carbonyl (C=O) groups excluding carboxylic acids is 1. The van der Waals surface area contributed by atoms with Crippen LogP contribution in [0.1, 0.15) is 8.29 Å². The first kappa shape index (κ1) is 11.1. The maximum Gasteiger partial charge on any atom is 0.321 e. The van der Waals surface area contributed by atoms with E-state index < -0.39 is 42.5 Å². The van der Waals surface area contributed by atoms with E-state index in [1.54, 1.807) is 0 Å². The van der Waals surface area contributed by atoms with Crippen LogP contribution in [0.5, 0.6) is 0 Å². The van der Waals surface area contributed by atoms with Crippen molar-refractivity contribution in [3.05, 3.63) is 0 Å². The van der Waals surface area contributed by atoms with Gasteiger partial charge in [0.2, 0.25) is 0 Å². The van der Waals surface area contributed by atoms with Gasteiger partial charge in [-0.3, -0.25) is 4.79 Å². The van der Waals surface area contributed by atoms with Crippen LogP contribution >= 0.6 is 11.6 Å². The fraction of sp³-hybridized carbons (Fsp3) is 0.875. The van der Waals surface area contributed by atoms with Crippen LogP contribution in [0.25, 0.3) is 0 Å². The monoisotopic (exact) mass is 241 g/mol. The molecule has 88 valence electrons. The molecule has 0 spiro atoms. The van der Waals surface area contributed by atoms with Crippen molar-refractivity contribution in [1.29, 1.82) is 0 Å². The van der Waals surface area contributed by atoms with E-state index in [4.69, 9.17) is 17.7 Å². The standard InChI is InChI=1S/C8H13ClO6/c1-3-5(11)6(12)7(8(13)14-3)15-4(10)2-9/h3,5-8,11-13H,2H2,1H3/t3-,5-,6+,7+,8+/m0/s1/i8D. The summed E-state index contributed by atoms with van der Waals surface area (Å²) in [4.78, 5) is 10.9. The minimum absolute atomic E-state index is 0.495. The van der Waals surface area contributed by atoms with Crippen LogP contribution in [-0.2, 0) is 14.3 Å². The summed E-state index contributed by atoms with van der Waals surface area (Å²) >= 11 is 5.17. The molecule has 1 aliphatic rings. The molecule has 1 rings (SSSR count). The van der Waals surface area contributed by atoms with Gasteiger partial charge >= 0.3 is 5.97 Å². The molecular formula is C8H13ClO6. The molecule has 0 saturated carbocycles. The Bertz CT molecular complexity index is 273. The molecule has 0 unspecified atom stereocenters. The summed E-state index contributed by atoms with van der Waals surface area (Å²) in [5.41, 5.74) is 0. The van der Waals surface area contributed by atoms with E-state index in [9.17, 15) is 20.1 Å². The Balaban J connectivity index is 2.82. The molecule has 0 aromatic carbocycles. The molecule has 1 fully saturated rings. The van der Waals surface area contributed by atoms with Crippen molar-refractivity contribution in [2.45, 2.75) is 37.6 Å². The van der Waals surface area contributed by atoms with Crippen molar-refractivity contribution in [2.24, 2.45) is 0 Å². The second kappa shape index (κ2) is 5.09. The number of aliphatic hydroxyl groups is 3. The smallest absolute Gasteiger partial charge is 0.321 e. The summed E-state index contributed by atoms with van der Waals surface area (Å²) in [5, 5.41) is 28.5. The lowest BCUT2D eigenvalue weighted by Gasteiger charge is -2.38. The van der Waals surface area contributed by atoms with Gasteiger partial charge in [0, 0.05) is 0 Å². The number of hydrogen-bond acceptors (Lipinski definition) is 6. The lowest BCUT2D eigenvalue weighted by molar-refractivity contribution is -0.282. The van der Waals surface area contributed by atoms with Crippen molar-refractivity contribution < 1.29 is 31.0 Å². The number of halogens is 1. The number of ether oxygens (including phenoxy) is 2. The molecular weight excluding hydrogens is 228 g/mol. The van der Waals surface area contributed by atoms with Crippen LogP contribution in [0.2, 0.25) is 0 Å². The van der Waals surface area contributed by atoms with Gasteiger partial charge in [-0.1, -0.05) is 0 Å². The van der Waals surface area contributed by atoms with Crippen LogP contribution in [0.4, 0.5) is 0 Å². The number of esters is 1. The number of aliphatic hydroxyl groups excluding tert-OH is 2. The molecule has 7 heteroatoms. The summed E-state index contributed by atoms with van der Waals surface area (Å²) in [6.07, 6.45) is -8.25. The predicted octanol–water partition coefficient (Wildman–Crippen LogP) is -1.40. The normalized spacial score (nSPS) is 47.1. The lowest BCUT2D eigenvalue weighted by atomic mass is 10.00. The summed E-state index contributed by atoms with van der Waals surface area (Å²) < 4.78 is 16.6. The van der Waals surface area contributed by atoms with Crippen molar-refractivity contribution in [1.82, 2.24) is 0 Å². The maximum absolute atomic E-state index is 10.9. The maximum atomic E-state index is 10.9. The minimum atomic E-state index is -2.61. The van der Waals surface area contributed by atoms with E-state index in [0.717, 1.165) is 0 Å². The van der Waals surface area contributed by atoms with Crippen molar-refractivity contribution in [2.75, 3.05) is 5.88 Å². The van der Waals surface area contributed by atoms with E-state index >= 15 is 0 Å². The van der Waals surface area contributed by atoms with Gasteiger partial charge in [0.1, 0.15) is 18.1 Å². The first-order chi connectivity index (χ1) is 7.29. The number of carbonyl (C=O) groups is 1. The molecule has 0 aromatic heterocycles. The van der Waals surface area contributed by atoms with Gasteiger partial charge < -0.3 is 24.8 Å². The molecule has 1 heterocycles.